The van der Waals surface area contributed by atoms with Gasteiger partial charge in [-0.2, -0.15) is 0 Å². The minimum Gasteiger partial charge on any atom is -0.548 e. The summed E-state index contributed by atoms with van der Waals surface area (Å²) < 4.78 is 34.0. The molecule has 0 bridgehead atoms. The van der Waals surface area contributed by atoms with E-state index in [0.717, 1.165) is 22.8 Å². The Kier molecular flexibility index (Phi) is 22.4. The van der Waals surface area contributed by atoms with Crippen LogP contribution in [0.2, 0.25) is 0 Å². The van der Waals surface area contributed by atoms with Crippen LogP contribution in [0.15, 0.2) is 128 Å². The van der Waals surface area contributed by atoms with Crippen molar-refractivity contribution >= 4 is 11.9 Å². The van der Waals surface area contributed by atoms with Crippen molar-refractivity contribution in [2.24, 2.45) is 0 Å². The molecule has 0 aliphatic heterocycles. The molecule has 45 heavy (non-hydrogen) atoms. The van der Waals surface area contributed by atoms with Crippen LogP contribution in [0.1, 0.15) is 10.4 Å². The first-order valence-electron chi connectivity index (χ1n) is 11.9. The van der Waals surface area contributed by atoms with Crippen LogP contribution in [-0.4, -0.2) is 49.3 Å². The quantitative estimate of drug-likeness (QED) is 0.182. The molecule has 0 spiro atoms. The van der Waals surface area contributed by atoms with E-state index in [1.807, 2.05) is 72.8 Å². The average molecular weight is 690 g/mol. The Balaban J connectivity index is 0. The van der Waals surface area contributed by atoms with E-state index >= 15 is 0 Å². The molecule has 0 saturated heterocycles. The first kappa shape index (κ1) is 42.5. The Morgan fingerprint density at radius 1 is 0.556 bits per heavy atom. The second-order valence-electron chi connectivity index (χ2n) is 7.66. The minimum atomic E-state index is -4.94. The molecular formula is C29H28ClCuN5O9. The molecule has 1 aromatic carbocycles. The molecule has 0 aliphatic carbocycles. The van der Waals surface area contributed by atoms with E-state index in [0.29, 0.717) is 5.56 Å². The fraction of sp³-hybridized carbons (Fsp3) is 0.0345. The fourth-order valence-electron chi connectivity index (χ4n) is 2.90. The van der Waals surface area contributed by atoms with Crippen molar-refractivity contribution in [1.29, 1.82) is 0 Å². The molecule has 0 aliphatic rings. The Morgan fingerprint density at radius 3 is 1.09 bits per heavy atom. The Hall–Kier alpha value is -4.67. The van der Waals surface area contributed by atoms with Crippen molar-refractivity contribution in [2.45, 2.75) is 0 Å². The van der Waals surface area contributed by atoms with E-state index in [-0.39, 0.29) is 28.0 Å². The molecule has 1 radical (unpaired) electrons. The van der Waals surface area contributed by atoms with Crippen LogP contribution in [0.4, 0.5) is 0 Å². The van der Waals surface area contributed by atoms with Crippen LogP contribution in [0.25, 0.3) is 22.8 Å². The number of carboxylic acid groups (broad SMARTS) is 1. The molecule has 0 unspecified atom stereocenters. The Labute approximate surface area is 271 Å². The van der Waals surface area contributed by atoms with Crippen molar-refractivity contribution < 1.29 is 71.6 Å². The second-order valence-corrected chi connectivity index (χ2v) is 8.41. The SMILES string of the molecule is O.O.O=C([O-])CNC(=O)c1ccccc1.[Cu+2].[O-][Cl+3]([O-])([O-])[O-].c1ccc(-c2ccccn2)nc1.c1ccc(-c2ccccn2)nc1. The van der Waals surface area contributed by atoms with Gasteiger partial charge in [0.25, 0.3) is 5.91 Å². The van der Waals surface area contributed by atoms with Gasteiger partial charge in [0.05, 0.1) is 35.3 Å². The van der Waals surface area contributed by atoms with E-state index in [1.165, 1.54) is 0 Å². The number of carbonyl (C=O) groups is 2. The Morgan fingerprint density at radius 2 is 0.844 bits per heavy atom. The first-order chi connectivity index (χ1) is 20.1. The van der Waals surface area contributed by atoms with Gasteiger partial charge in [-0.25, -0.2) is 18.6 Å². The van der Waals surface area contributed by atoms with Gasteiger partial charge in [0.15, 0.2) is 0 Å². The van der Waals surface area contributed by atoms with Crippen LogP contribution < -0.4 is 29.1 Å². The summed E-state index contributed by atoms with van der Waals surface area (Å²) in [5, 5.41) is 12.2. The molecule has 5 rings (SSSR count). The molecule has 5 N–H and O–H groups in total. The number of amides is 1. The third-order valence-corrected chi connectivity index (χ3v) is 4.61. The predicted molar refractivity (Wildman–Crippen MR) is 146 cm³/mol. The Bertz CT molecular complexity index is 1300. The third kappa shape index (κ3) is 20.0. The number of hydrogen-bond donors (Lipinski definition) is 1. The summed E-state index contributed by atoms with van der Waals surface area (Å²) in [6.07, 6.45) is 7.07. The second kappa shape index (κ2) is 23.7. The molecule has 1 amide bonds. The minimum absolute atomic E-state index is 0. The molecule has 4 aromatic heterocycles. The molecule has 241 valence electrons. The number of pyridine rings is 4. The standard InChI is InChI=1S/2C10H8N2.C9H9NO3.ClHO4.Cu.2H2O/c2*1-3-7-11-9(5-1)10-6-2-4-8-12-10;11-8(12)6-10-9(13)7-4-2-1-3-5-7;2-1(3,4)5;;;/h2*1-8H;1-5H,6H2,(H,10,13)(H,11,12);(H,2,3,4,5);;2*1H2/q;;;;+2;;/p-2. The van der Waals surface area contributed by atoms with Gasteiger partial charge < -0.3 is 26.2 Å². The van der Waals surface area contributed by atoms with Gasteiger partial charge in [-0.3, -0.25) is 24.7 Å². The number of rotatable bonds is 5. The molecule has 16 heteroatoms. The van der Waals surface area contributed by atoms with Gasteiger partial charge in [-0.15, -0.1) is 10.2 Å². The number of nitrogens with one attached hydrogen (secondary N) is 1. The largest absolute Gasteiger partial charge is 2.00 e. The van der Waals surface area contributed by atoms with Crippen molar-refractivity contribution in [3.05, 3.63) is 133 Å². The van der Waals surface area contributed by atoms with E-state index < -0.39 is 28.7 Å². The first-order valence-corrected chi connectivity index (χ1v) is 13.2. The zero-order valence-corrected chi connectivity index (χ0v) is 24.9. The van der Waals surface area contributed by atoms with Crippen LogP contribution >= 0.6 is 0 Å². The van der Waals surface area contributed by atoms with Crippen LogP contribution in [0, 0.1) is 10.2 Å². The maximum absolute atomic E-state index is 11.1. The van der Waals surface area contributed by atoms with E-state index in [1.54, 1.807) is 55.1 Å². The number of halogens is 1. The summed E-state index contributed by atoms with van der Waals surface area (Å²) in [6, 6.07) is 31.6. The molecule has 0 fully saturated rings. The van der Waals surface area contributed by atoms with Crippen LogP contribution in [0.5, 0.6) is 0 Å². The van der Waals surface area contributed by atoms with Crippen molar-refractivity contribution in [2.75, 3.05) is 6.54 Å². The van der Waals surface area contributed by atoms with Gasteiger partial charge in [-0.1, -0.05) is 42.5 Å². The number of aliphatic carboxylic acids is 1. The van der Waals surface area contributed by atoms with Crippen molar-refractivity contribution in [3.63, 3.8) is 0 Å². The molecule has 5 aromatic rings. The van der Waals surface area contributed by atoms with Crippen LogP contribution in [0.3, 0.4) is 0 Å². The number of nitrogens with zero attached hydrogens (tertiary/aromatic N) is 4. The van der Waals surface area contributed by atoms with Crippen molar-refractivity contribution in [3.8, 4) is 22.8 Å². The average Bonchev–Trinajstić information content (AvgIpc) is 3.02. The summed E-state index contributed by atoms with van der Waals surface area (Å²) in [5.74, 6) is -1.71. The van der Waals surface area contributed by atoms with E-state index in [9.17, 15) is 14.7 Å². The third-order valence-electron chi connectivity index (χ3n) is 4.61. The smallest absolute Gasteiger partial charge is 0.548 e. The molecule has 14 nitrogen and oxygen atoms in total. The number of hydrogen-bond acceptors (Lipinski definition) is 11. The van der Waals surface area contributed by atoms with Gasteiger partial charge in [-0.05, 0) is 60.7 Å². The fourth-order valence-corrected chi connectivity index (χ4v) is 2.90. The monoisotopic (exact) mass is 688 g/mol. The number of carboxylic acids is 1. The number of benzene rings is 1. The van der Waals surface area contributed by atoms with Gasteiger partial charge >= 0.3 is 17.1 Å². The molecule has 0 atom stereocenters. The topological polar surface area (TPSA) is 276 Å². The molecule has 4 heterocycles. The van der Waals surface area contributed by atoms with Crippen molar-refractivity contribution in [1.82, 2.24) is 25.3 Å². The van der Waals surface area contributed by atoms with Gasteiger partial charge in [0.2, 0.25) is 0 Å². The summed E-state index contributed by atoms with van der Waals surface area (Å²) in [6.45, 7) is -0.465. The van der Waals surface area contributed by atoms with Gasteiger partial charge in [0, 0.05) is 30.4 Å². The molecular weight excluding hydrogens is 661 g/mol. The molecule has 0 saturated carbocycles. The number of aromatic nitrogens is 4. The summed E-state index contributed by atoms with van der Waals surface area (Å²) in [5.41, 5.74) is 4.09. The van der Waals surface area contributed by atoms with E-state index in [2.05, 4.69) is 25.3 Å². The summed E-state index contributed by atoms with van der Waals surface area (Å²) in [4.78, 5) is 37.9. The summed E-state index contributed by atoms with van der Waals surface area (Å²) in [7, 11) is -4.94. The van der Waals surface area contributed by atoms with Crippen LogP contribution in [-0.2, 0) is 21.9 Å². The zero-order valence-electron chi connectivity index (χ0n) is 23.2. The maximum Gasteiger partial charge on any atom is 2.00 e. The number of carbonyl (C=O) groups excluding carboxylic acids is 2. The van der Waals surface area contributed by atoms with E-state index in [4.69, 9.17) is 18.6 Å². The van der Waals surface area contributed by atoms with Gasteiger partial charge in [0.1, 0.15) is 0 Å². The zero-order chi connectivity index (χ0) is 30.6. The maximum atomic E-state index is 11.1. The predicted octanol–water partition coefficient (Wildman–Crippen LogP) is -2.95. The normalized spacial score (nSPS) is 9.16. The summed E-state index contributed by atoms with van der Waals surface area (Å²) >= 11 is 0.